The minimum absolute atomic E-state index is 0.966. The lowest BCUT2D eigenvalue weighted by Gasteiger charge is -1.86. The van der Waals surface area contributed by atoms with Crippen LogP contribution < -0.4 is 0 Å². The van der Waals surface area contributed by atoms with Crippen molar-refractivity contribution in [3.05, 3.63) is 28.2 Å². The Hall–Kier alpha value is -1.20. The van der Waals surface area contributed by atoms with Crippen LogP contribution in [0.2, 0.25) is 0 Å². The minimum Gasteiger partial charge on any atom is -0.217 e. The molecule has 0 unspecified atom stereocenters. The van der Waals surface area contributed by atoms with Crippen LogP contribution in [0, 0.1) is 13.8 Å². The molecule has 0 spiro atoms. The average molecular weight is 235 g/mol. The van der Waals surface area contributed by atoms with E-state index in [0.717, 1.165) is 15.7 Å². The molecule has 0 saturated carbocycles. The molecule has 3 aromatic heterocycles. The maximum atomic E-state index is 4.55. The van der Waals surface area contributed by atoms with Crippen molar-refractivity contribution >= 4 is 27.6 Å². The molecule has 3 heterocycles. The lowest BCUT2D eigenvalue weighted by molar-refractivity contribution is 0.946. The smallest absolute Gasteiger partial charge is 0.212 e. The van der Waals surface area contributed by atoms with Gasteiger partial charge >= 0.3 is 0 Å². The second-order valence-electron chi connectivity index (χ2n) is 3.38. The van der Waals surface area contributed by atoms with E-state index < -0.39 is 0 Å². The van der Waals surface area contributed by atoms with Crippen LogP contribution in [0.15, 0.2) is 18.3 Å². The largest absolute Gasteiger partial charge is 0.217 e. The second kappa shape index (κ2) is 3.15. The van der Waals surface area contributed by atoms with Gasteiger partial charge in [-0.1, -0.05) is 11.3 Å². The van der Waals surface area contributed by atoms with E-state index in [4.69, 9.17) is 0 Å². The van der Waals surface area contributed by atoms with Gasteiger partial charge in [0.15, 0.2) is 0 Å². The highest BCUT2D eigenvalue weighted by Gasteiger charge is 2.08. The van der Waals surface area contributed by atoms with Gasteiger partial charge in [-0.05, 0) is 26.0 Å². The Bertz CT molecular complexity index is 586. The fraction of sp³-hybridized carbons (Fsp3) is 0.200. The summed E-state index contributed by atoms with van der Waals surface area (Å²) in [6.45, 7) is 4.10. The lowest BCUT2D eigenvalue weighted by atomic mass is 10.4. The monoisotopic (exact) mass is 235 g/mol. The summed E-state index contributed by atoms with van der Waals surface area (Å²) in [6.07, 6.45) is 1.99. The highest BCUT2D eigenvalue weighted by molar-refractivity contribution is 7.17. The lowest BCUT2D eigenvalue weighted by Crippen LogP contribution is -1.79. The van der Waals surface area contributed by atoms with Crippen LogP contribution in [-0.4, -0.2) is 14.6 Å². The first-order valence-corrected chi connectivity index (χ1v) is 6.25. The molecule has 3 rings (SSSR count). The van der Waals surface area contributed by atoms with E-state index in [1.165, 1.54) is 9.75 Å². The summed E-state index contributed by atoms with van der Waals surface area (Å²) in [4.78, 5) is 8.03. The van der Waals surface area contributed by atoms with Gasteiger partial charge in [-0.15, -0.1) is 11.3 Å². The van der Waals surface area contributed by atoms with E-state index in [9.17, 15) is 0 Å². The van der Waals surface area contributed by atoms with Gasteiger partial charge in [0.05, 0.1) is 11.1 Å². The van der Waals surface area contributed by atoms with E-state index in [1.807, 2.05) is 17.6 Å². The molecule has 0 aliphatic rings. The number of aryl methyl sites for hydroxylation is 2. The molecule has 0 aliphatic carbocycles. The van der Waals surface area contributed by atoms with Crippen LogP contribution >= 0.6 is 22.7 Å². The van der Waals surface area contributed by atoms with Crippen LogP contribution in [0.1, 0.15) is 9.88 Å². The number of hydrogen-bond acceptors (Lipinski definition) is 4. The van der Waals surface area contributed by atoms with E-state index in [0.29, 0.717) is 0 Å². The van der Waals surface area contributed by atoms with Crippen molar-refractivity contribution in [3.8, 4) is 10.6 Å². The first-order valence-electron chi connectivity index (χ1n) is 4.62. The van der Waals surface area contributed by atoms with Crippen LogP contribution in [0.5, 0.6) is 0 Å². The third-order valence-electron chi connectivity index (χ3n) is 2.14. The second-order valence-corrected chi connectivity index (χ2v) is 5.83. The number of aromatic nitrogens is 3. The van der Waals surface area contributed by atoms with Crippen molar-refractivity contribution in [2.75, 3.05) is 0 Å². The molecule has 0 aliphatic heterocycles. The van der Waals surface area contributed by atoms with Crippen molar-refractivity contribution in [2.24, 2.45) is 0 Å². The Kier molecular flexibility index (Phi) is 1.90. The van der Waals surface area contributed by atoms with Crippen molar-refractivity contribution < 1.29 is 0 Å². The molecule has 5 heteroatoms. The van der Waals surface area contributed by atoms with Gasteiger partial charge in [0, 0.05) is 4.88 Å². The van der Waals surface area contributed by atoms with Crippen molar-refractivity contribution in [1.29, 1.82) is 0 Å². The number of nitrogens with zero attached hydrogens (tertiary/aromatic N) is 3. The Labute approximate surface area is 95.0 Å². The highest BCUT2D eigenvalue weighted by Crippen LogP contribution is 2.28. The van der Waals surface area contributed by atoms with Gasteiger partial charge in [0.1, 0.15) is 10.7 Å². The van der Waals surface area contributed by atoms with Gasteiger partial charge in [0.25, 0.3) is 0 Å². The van der Waals surface area contributed by atoms with E-state index in [-0.39, 0.29) is 0 Å². The molecule has 0 amide bonds. The summed E-state index contributed by atoms with van der Waals surface area (Å²) < 4.78 is 1.85. The van der Waals surface area contributed by atoms with E-state index >= 15 is 0 Å². The van der Waals surface area contributed by atoms with Crippen LogP contribution in [0.25, 0.3) is 15.5 Å². The SMILES string of the molecule is Cc1ccc(-c2cn3nc(C)sc3n2)s1. The molecule has 3 nitrogen and oxygen atoms in total. The third kappa shape index (κ3) is 1.48. The Morgan fingerprint density at radius 3 is 2.73 bits per heavy atom. The molecule has 0 bridgehead atoms. The fourth-order valence-electron chi connectivity index (χ4n) is 1.49. The zero-order chi connectivity index (χ0) is 10.4. The number of rotatable bonds is 1. The Morgan fingerprint density at radius 1 is 1.20 bits per heavy atom. The number of thiophene rings is 1. The molecule has 0 saturated heterocycles. The van der Waals surface area contributed by atoms with Crippen LogP contribution in [0.3, 0.4) is 0 Å². The third-order valence-corrected chi connectivity index (χ3v) is 4.00. The molecule has 15 heavy (non-hydrogen) atoms. The van der Waals surface area contributed by atoms with Gasteiger partial charge < -0.3 is 0 Å². The van der Waals surface area contributed by atoms with Gasteiger partial charge in [-0.3, -0.25) is 0 Å². The van der Waals surface area contributed by atoms with Crippen LogP contribution in [0.4, 0.5) is 0 Å². The molecular formula is C10H9N3S2. The topological polar surface area (TPSA) is 30.2 Å². The summed E-state index contributed by atoms with van der Waals surface area (Å²) in [7, 11) is 0. The van der Waals surface area contributed by atoms with E-state index in [2.05, 4.69) is 29.1 Å². The molecule has 0 atom stereocenters. The number of imidazole rings is 1. The minimum atomic E-state index is 0.966. The van der Waals surface area contributed by atoms with Gasteiger partial charge in [-0.2, -0.15) is 5.10 Å². The maximum absolute atomic E-state index is 4.55. The molecule has 0 N–H and O–H groups in total. The summed E-state index contributed by atoms with van der Waals surface area (Å²) in [5.41, 5.74) is 1.02. The Balaban J connectivity index is 2.15. The van der Waals surface area contributed by atoms with E-state index in [1.54, 1.807) is 22.7 Å². The summed E-state index contributed by atoms with van der Waals surface area (Å²) >= 11 is 3.38. The molecule has 0 fully saturated rings. The number of hydrogen-bond donors (Lipinski definition) is 0. The molecule has 3 aromatic rings. The van der Waals surface area contributed by atoms with Crippen molar-refractivity contribution in [2.45, 2.75) is 13.8 Å². The summed E-state index contributed by atoms with van der Waals surface area (Å²) in [6, 6.07) is 4.23. The average Bonchev–Trinajstić information content (AvgIpc) is 2.78. The highest BCUT2D eigenvalue weighted by atomic mass is 32.1. The van der Waals surface area contributed by atoms with Gasteiger partial charge in [0.2, 0.25) is 4.96 Å². The predicted octanol–water partition coefficient (Wildman–Crippen LogP) is 3.14. The molecule has 0 radical (unpaired) electrons. The fourth-order valence-corrected chi connectivity index (χ4v) is 3.04. The standard InChI is InChI=1S/C10H9N3S2/c1-6-3-4-9(14-6)8-5-13-10(11-8)15-7(2)12-13/h3-5H,1-2H3. The summed E-state index contributed by atoms with van der Waals surface area (Å²) in [5, 5.41) is 5.39. The molecule has 0 aromatic carbocycles. The normalized spacial score (nSPS) is 11.3. The maximum Gasteiger partial charge on any atom is 0.212 e. The quantitative estimate of drug-likeness (QED) is 0.648. The zero-order valence-electron chi connectivity index (χ0n) is 8.39. The zero-order valence-corrected chi connectivity index (χ0v) is 10.0. The van der Waals surface area contributed by atoms with Crippen molar-refractivity contribution in [3.63, 3.8) is 0 Å². The Morgan fingerprint density at radius 2 is 2.07 bits per heavy atom. The summed E-state index contributed by atoms with van der Waals surface area (Å²) in [5.74, 6) is 0. The number of fused-ring (bicyclic) bond motifs is 1. The molecule has 76 valence electrons. The van der Waals surface area contributed by atoms with Gasteiger partial charge in [-0.25, -0.2) is 9.50 Å². The first-order chi connectivity index (χ1) is 7.22. The predicted molar refractivity (Wildman–Crippen MR) is 63.7 cm³/mol. The first kappa shape index (κ1) is 9.06. The molecular weight excluding hydrogens is 226 g/mol. The van der Waals surface area contributed by atoms with Crippen LogP contribution in [-0.2, 0) is 0 Å². The van der Waals surface area contributed by atoms with Crippen molar-refractivity contribution in [1.82, 2.24) is 14.6 Å².